The van der Waals surface area contributed by atoms with Gasteiger partial charge in [-0.15, -0.1) is 0 Å². The van der Waals surface area contributed by atoms with Gasteiger partial charge in [-0.3, -0.25) is 4.57 Å². The molecule has 0 fully saturated rings. The molecule has 0 spiro atoms. The minimum absolute atomic E-state index is 0.575. The fourth-order valence-corrected chi connectivity index (χ4v) is 3.00. The third-order valence-corrected chi connectivity index (χ3v) is 3.89. The first-order valence-electron chi connectivity index (χ1n) is 5.73. The lowest BCUT2D eigenvalue weighted by Gasteiger charge is -2.09. The van der Waals surface area contributed by atoms with Gasteiger partial charge in [-0.1, -0.05) is 35.3 Å². The first kappa shape index (κ1) is 12.7. The Morgan fingerprint density at radius 3 is 2.47 bits per heavy atom. The van der Waals surface area contributed by atoms with E-state index in [-0.39, 0.29) is 0 Å². The second-order valence-electron chi connectivity index (χ2n) is 4.36. The lowest BCUT2D eigenvalue weighted by atomic mass is 10.2. The van der Waals surface area contributed by atoms with Gasteiger partial charge in [-0.25, -0.2) is 0 Å². The molecule has 0 unspecified atom stereocenters. The molecule has 1 N–H and O–H groups in total. The van der Waals surface area contributed by atoms with E-state index in [1.807, 2.05) is 29.7 Å². The third-order valence-electron chi connectivity index (χ3n) is 3.00. The zero-order valence-corrected chi connectivity index (χ0v) is 12.4. The minimum Gasteiger partial charge on any atom is -0.330 e. The van der Waals surface area contributed by atoms with E-state index in [0.717, 1.165) is 16.6 Å². The van der Waals surface area contributed by atoms with Crippen LogP contribution in [0.25, 0.3) is 16.7 Å². The molecule has 0 aliphatic heterocycles. The lowest BCUT2D eigenvalue weighted by Crippen LogP contribution is -1.96. The summed E-state index contributed by atoms with van der Waals surface area (Å²) in [6.45, 7) is 2.04. The number of hydrogen-bond acceptors (Lipinski definition) is 1. The number of H-pyrrole nitrogens is 1. The molecule has 19 heavy (non-hydrogen) atoms. The summed E-state index contributed by atoms with van der Waals surface area (Å²) >= 11 is 17.9. The summed E-state index contributed by atoms with van der Waals surface area (Å²) < 4.78 is 2.46. The van der Waals surface area contributed by atoms with Crippen molar-refractivity contribution in [3.05, 3.63) is 56.8 Å². The molecule has 0 amide bonds. The van der Waals surface area contributed by atoms with Gasteiger partial charge in [0.15, 0.2) is 4.77 Å². The maximum absolute atomic E-state index is 6.27. The standard InChI is InChI=1S/C14H10Cl2N2S/c1-8-5-6-11-12(7-8)18(14(19)17-11)13-9(15)3-2-4-10(13)16/h2-7H,1H3,(H,17,19). The summed E-state index contributed by atoms with van der Waals surface area (Å²) in [4.78, 5) is 3.17. The SMILES string of the molecule is Cc1ccc2[nH]c(=S)n(-c3c(Cl)cccc3Cl)c2c1. The number of halogens is 2. The minimum atomic E-state index is 0.575. The van der Waals surface area contributed by atoms with Crippen LogP contribution in [0.4, 0.5) is 0 Å². The van der Waals surface area contributed by atoms with Gasteiger partial charge in [0.25, 0.3) is 0 Å². The number of hydrogen-bond donors (Lipinski definition) is 1. The van der Waals surface area contributed by atoms with E-state index in [0.29, 0.717) is 20.5 Å². The van der Waals surface area contributed by atoms with Gasteiger partial charge < -0.3 is 4.98 Å². The number of aromatic amines is 1. The molecule has 3 rings (SSSR count). The molecule has 0 aliphatic rings. The molecule has 2 nitrogen and oxygen atoms in total. The topological polar surface area (TPSA) is 20.7 Å². The molecule has 0 bridgehead atoms. The van der Waals surface area contributed by atoms with Crippen LogP contribution < -0.4 is 0 Å². The van der Waals surface area contributed by atoms with Crippen LogP contribution in [-0.2, 0) is 0 Å². The van der Waals surface area contributed by atoms with Gasteiger partial charge in [0.05, 0.1) is 26.8 Å². The van der Waals surface area contributed by atoms with Gasteiger partial charge >= 0.3 is 0 Å². The fourth-order valence-electron chi connectivity index (χ4n) is 2.14. The average molecular weight is 309 g/mol. The second-order valence-corrected chi connectivity index (χ2v) is 5.56. The van der Waals surface area contributed by atoms with Crippen molar-refractivity contribution in [1.82, 2.24) is 9.55 Å². The zero-order chi connectivity index (χ0) is 13.6. The van der Waals surface area contributed by atoms with Crippen LogP contribution in [0, 0.1) is 11.7 Å². The highest BCUT2D eigenvalue weighted by Gasteiger charge is 2.13. The Balaban J connectivity index is 2.46. The zero-order valence-electron chi connectivity index (χ0n) is 10.1. The van der Waals surface area contributed by atoms with E-state index < -0.39 is 0 Å². The van der Waals surface area contributed by atoms with Crippen molar-refractivity contribution in [2.75, 3.05) is 0 Å². The van der Waals surface area contributed by atoms with E-state index in [2.05, 4.69) is 11.1 Å². The predicted molar refractivity (Wildman–Crippen MR) is 83.2 cm³/mol. The highest BCUT2D eigenvalue weighted by atomic mass is 35.5. The fraction of sp³-hybridized carbons (Fsp3) is 0.0714. The number of aryl methyl sites for hydroxylation is 1. The van der Waals surface area contributed by atoms with Crippen LogP contribution in [-0.4, -0.2) is 9.55 Å². The van der Waals surface area contributed by atoms with E-state index in [4.69, 9.17) is 35.4 Å². The van der Waals surface area contributed by atoms with Crippen molar-refractivity contribution >= 4 is 46.5 Å². The molecule has 1 aromatic heterocycles. The van der Waals surface area contributed by atoms with Crippen LogP contribution in [0.15, 0.2) is 36.4 Å². The first-order chi connectivity index (χ1) is 9.08. The van der Waals surface area contributed by atoms with Crippen LogP contribution in [0.2, 0.25) is 10.0 Å². The molecule has 5 heteroatoms. The maximum Gasteiger partial charge on any atom is 0.182 e. The molecule has 0 radical (unpaired) electrons. The number of nitrogens with zero attached hydrogens (tertiary/aromatic N) is 1. The molecule has 0 saturated heterocycles. The normalized spacial score (nSPS) is 11.1. The van der Waals surface area contributed by atoms with Gasteiger partial charge in [-0.2, -0.15) is 0 Å². The van der Waals surface area contributed by atoms with Gasteiger partial charge in [0.2, 0.25) is 0 Å². The molecular formula is C14H10Cl2N2S. The highest BCUT2D eigenvalue weighted by molar-refractivity contribution is 7.71. The quantitative estimate of drug-likeness (QED) is 0.605. The van der Waals surface area contributed by atoms with E-state index >= 15 is 0 Å². The summed E-state index contributed by atoms with van der Waals surface area (Å²) in [5.41, 5.74) is 3.80. The molecule has 3 aromatic rings. The van der Waals surface area contributed by atoms with Crippen molar-refractivity contribution < 1.29 is 0 Å². The maximum atomic E-state index is 6.27. The van der Waals surface area contributed by atoms with E-state index in [1.165, 1.54) is 0 Å². The van der Waals surface area contributed by atoms with Crippen molar-refractivity contribution in [2.45, 2.75) is 6.92 Å². The molecule has 0 saturated carbocycles. The molecule has 2 aromatic carbocycles. The Labute approximate surface area is 125 Å². The van der Waals surface area contributed by atoms with Crippen LogP contribution >= 0.6 is 35.4 Å². The Kier molecular flexibility index (Phi) is 3.13. The summed E-state index contributed by atoms with van der Waals surface area (Å²) in [6, 6.07) is 11.5. The number of fused-ring (bicyclic) bond motifs is 1. The predicted octanol–water partition coefficient (Wildman–Crippen LogP) is 5.30. The Hall–Kier alpha value is -1.29. The number of imidazole rings is 1. The highest BCUT2D eigenvalue weighted by Crippen LogP contribution is 2.31. The average Bonchev–Trinajstić information content (AvgIpc) is 2.66. The van der Waals surface area contributed by atoms with E-state index in [1.54, 1.807) is 12.1 Å². The van der Waals surface area contributed by atoms with E-state index in [9.17, 15) is 0 Å². The van der Waals surface area contributed by atoms with Crippen LogP contribution in [0.5, 0.6) is 0 Å². The Morgan fingerprint density at radius 2 is 1.79 bits per heavy atom. The summed E-state index contributed by atoms with van der Waals surface area (Å²) in [5.74, 6) is 0. The molecule has 96 valence electrons. The monoisotopic (exact) mass is 308 g/mol. The molecular weight excluding hydrogens is 299 g/mol. The third kappa shape index (κ3) is 2.08. The number of rotatable bonds is 1. The molecule has 0 atom stereocenters. The number of para-hydroxylation sites is 1. The Bertz CT molecular complexity index is 813. The van der Waals surface area contributed by atoms with Crippen LogP contribution in [0.1, 0.15) is 5.56 Å². The molecule has 0 aliphatic carbocycles. The number of nitrogens with one attached hydrogen (secondary N) is 1. The Morgan fingerprint density at radius 1 is 1.11 bits per heavy atom. The van der Waals surface area contributed by atoms with Crippen molar-refractivity contribution in [1.29, 1.82) is 0 Å². The number of aromatic nitrogens is 2. The largest absolute Gasteiger partial charge is 0.330 e. The summed E-state index contributed by atoms with van der Waals surface area (Å²) in [6.07, 6.45) is 0. The lowest BCUT2D eigenvalue weighted by molar-refractivity contribution is 1.06. The van der Waals surface area contributed by atoms with Crippen LogP contribution in [0.3, 0.4) is 0 Å². The summed E-state index contributed by atoms with van der Waals surface area (Å²) in [5, 5.41) is 1.15. The van der Waals surface area contributed by atoms with Crippen molar-refractivity contribution in [3.63, 3.8) is 0 Å². The van der Waals surface area contributed by atoms with Gasteiger partial charge in [0, 0.05) is 0 Å². The first-order valence-corrected chi connectivity index (χ1v) is 6.90. The summed E-state index contributed by atoms with van der Waals surface area (Å²) in [7, 11) is 0. The number of benzene rings is 2. The smallest absolute Gasteiger partial charge is 0.182 e. The van der Waals surface area contributed by atoms with Gasteiger partial charge in [-0.05, 0) is 49.0 Å². The van der Waals surface area contributed by atoms with Crippen molar-refractivity contribution in [3.8, 4) is 5.69 Å². The molecule has 1 heterocycles. The second kappa shape index (κ2) is 4.67. The van der Waals surface area contributed by atoms with Crippen molar-refractivity contribution in [2.24, 2.45) is 0 Å². The van der Waals surface area contributed by atoms with Gasteiger partial charge in [0.1, 0.15) is 0 Å².